The van der Waals surface area contributed by atoms with Gasteiger partial charge in [-0.2, -0.15) is 10.2 Å². The Bertz CT molecular complexity index is 1020. The minimum atomic E-state index is -0.330. The van der Waals surface area contributed by atoms with Crippen LogP contribution in [0.25, 0.3) is 10.8 Å². The number of nitrogens with zero attached hydrogens (tertiary/aromatic N) is 4. The van der Waals surface area contributed by atoms with E-state index in [9.17, 15) is 4.79 Å². The molecule has 1 aliphatic rings. The molecule has 3 aromatic rings. The second-order valence-electron chi connectivity index (χ2n) is 7.45. The van der Waals surface area contributed by atoms with Gasteiger partial charge in [0.25, 0.3) is 17.6 Å². The maximum absolute atomic E-state index is 12.3. The van der Waals surface area contributed by atoms with E-state index in [0.717, 1.165) is 38.9 Å². The van der Waals surface area contributed by atoms with Crippen molar-refractivity contribution in [3.8, 4) is 16.8 Å². The molecule has 2 aromatic heterocycles. The Labute approximate surface area is 179 Å². The first-order valence-electron chi connectivity index (χ1n) is 10.1. The van der Waals surface area contributed by atoms with E-state index in [1.165, 1.54) is 16.9 Å². The maximum atomic E-state index is 12.3. The van der Waals surface area contributed by atoms with Gasteiger partial charge >= 0.3 is 0 Å². The molecule has 0 radical (unpaired) electrons. The summed E-state index contributed by atoms with van der Waals surface area (Å²) in [5.41, 5.74) is 1.36. The SMILES string of the molecule is N#Cc1ccc(-c2nc(C(=O)NCCC3CCN(Cc4ccccc4)CC3)no2)s1. The molecular weight excluding hydrogens is 398 g/mol. The molecule has 0 atom stereocenters. The Morgan fingerprint density at radius 1 is 1.23 bits per heavy atom. The fourth-order valence-electron chi connectivity index (χ4n) is 3.67. The molecule has 0 bridgehead atoms. The zero-order chi connectivity index (χ0) is 20.8. The third-order valence-electron chi connectivity index (χ3n) is 5.35. The molecule has 0 unspecified atom stereocenters. The number of likely N-dealkylation sites (tertiary alicyclic amines) is 1. The summed E-state index contributed by atoms with van der Waals surface area (Å²) in [5, 5.41) is 15.6. The predicted molar refractivity (Wildman–Crippen MR) is 114 cm³/mol. The topological polar surface area (TPSA) is 95.0 Å². The van der Waals surface area contributed by atoms with E-state index in [1.54, 1.807) is 12.1 Å². The van der Waals surface area contributed by atoms with E-state index in [4.69, 9.17) is 9.78 Å². The van der Waals surface area contributed by atoms with Crippen molar-refractivity contribution < 1.29 is 9.32 Å². The van der Waals surface area contributed by atoms with E-state index >= 15 is 0 Å². The number of nitriles is 1. The Balaban J connectivity index is 1.19. The summed E-state index contributed by atoms with van der Waals surface area (Å²) in [4.78, 5) is 20.2. The molecule has 1 fully saturated rings. The van der Waals surface area contributed by atoms with Gasteiger partial charge in [0.2, 0.25) is 0 Å². The summed E-state index contributed by atoms with van der Waals surface area (Å²) < 4.78 is 5.16. The molecule has 30 heavy (non-hydrogen) atoms. The standard InChI is InChI=1S/C22H23N5O2S/c23-14-18-6-7-19(30-18)22-25-20(26-29-22)21(28)24-11-8-16-9-12-27(13-10-16)15-17-4-2-1-3-5-17/h1-7,16H,8-13,15H2,(H,24,28). The number of nitrogens with one attached hydrogen (secondary N) is 1. The van der Waals surface area contributed by atoms with Gasteiger partial charge in [0, 0.05) is 13.1 Å². The molecule has 4 rings (SSSR count). The van der Waals surface area contributed by atoms with Gasteiger partial charge in [-0.15, -0.1) is 11.3 Å². The number of amides is 1. The molecule has 8 heteroatoms. The summed E-state index contributed by atoms with van der Waals surface area (Å²) in [6.45, 7) is 3.79. The highest BCUT2D eigenvalue weighted by Gasteiger charge is 2.20. The highest BCUT2D eigenvalue weighted by atomic mass is 32.1. The number of carbonyl (C=O) groups is 1. The number of benzene rings is 1. The molecule has 1 saturated heterocycles. The van der Waals surface area contributed by atoms with Crippen molar-refractivity contribution in [2.75, 3.05) is 19.6 Å². The summed E-state index contributed by atoms with van der Waals surface area (Å²) in [6.07, 6.45) is 3.25. The smallest absolute Gasteiger partial charge is 0.292 e. The van der Waals surface area contributed by atoms with Crippen LogP contribution in [0, 0.1) is 17.2 Å². The normalized spacial score (nSPS) is 15.0. The number of hydrogen-bond acceptors (Lipinski definition) is 7. The molecule has 1 aromatic carbocycles. The van der Waals surface area contributed by atoms with Gasteiger partial charge in [0.05, 0.1) is 4.88 Å². The lowest BCUT2D eigenvalue weighted by atomic mass is 9.93. The Hall–Kier alpha value is -3.02. The molecule has 3 heterocycles. The number of hydrogen-bond donors (Lipinski definition) is 1. The monoisotopic (exact) mass is 421 g/mol. The zero-order valence-electron chi connectivity index (χ0n) is 16.6. The van der Waals surface area contributed by atoms with Crippen LogP contribution >= 0.6 is 11.3 Å². The van der Waals surface area contributed by atoms with Crippen molar-refractivity contribution in [2.45, 2.75) is 25.8 Å². The predicted octanol–water partition coefficient (Wildman–Crippen LogP) is 3.70. The lowest BCUT2D eigenvalue weighted by Crippen LogP contribution is -2.35. The van der Waals surface area contributed by atoms with Crippen LogP contribution in [0.15, 0.2) is 47.0 Å². The van der Waals surface area contributed by atoms with Crippen LogP contribution in [-0.2, 0) is 6.54 Å². The van der Waals surface area contributed by atoms with Crippen LogP contribution in [0.2, 0.25) is 0 Å². The number of piperidine rings is 1. The molecular formula is C22H23N5O2S. The fraction of sp³-hybridized carbons (Fsp3) is 0.364. The molecule has 0 aliphatic carbocycles. The van der Waals surface area contributed by atoms with Crippen molar-refractivity contribution in [1.29, 1.82) is 5.26 Å². The molecule has 1 N–H and O–H groups in total. The average Bonchev–Trinajstić information content (AvgIpc) is 3.45. The van der Waals surface area contributed by atoms with Crippen LogP contribution < -0.4 is 5.32 Å². The third kappa shape index (κ3) is 5.12. The van der Waals surface area contributed by atoms with Gasteiger partial charge < -0.3 is 9.84 Å². The van der Waals surface area contributed by atoms with Crippen LogP contribution in [0.5, 0.6) is 0 Å². The molecule has 0 saturated carbocycles. The van der Waals surface area contributed by atoms with Crippen molar-refractivity contribution in [3.05, 3.63) is 58.7 Å². The lowest BCUT2D eigenvalue weighted by Gasteiger charge is -2.32. The highest BCUT2D eigenvalue weighted by Crippen LogP contribution is 2.26. The number of carbonyl (C=O) groups excluding carboxylic acids is 1. The van der Waals surface area contributed by atoms with Crippen LogP contribution in [-0.4, -0.2) is 40.6 Å². The zero-order valence-corrected chi connectivity index (χ0v) is 17.4. The Kier molecular flexibility index (Phi) is 6.52. The summed E-state index contributed by atoms with van der Waals surface area (Å²) >= 11 is 1.26. The quantitative estimate of drug-likeness (QED) is 0.625. The molecule has 154 valence electrons. The summed E-state index contributed by atoms with van der Waals surface area (Å²) in [5.74, 6) is 0.573. The number of rotatable bonds is 7. The summed E-state index contributed by atoms with van der Waals surface area (Å²) in [6, 6.07) is 16.1. The Morgan fingerprint density at radius 2 is 2.03 bits per heavy atom. The van der Waals surface area contributed by atoms with Crippen LogP contribution in [0.3, 0.4) is 0 Å². The van der Waals surface area contributed by atoms with Crippen molar-refractivity contribution in [2.24, 2.45) is 5.92 Å². The largest absolute Gasteiger partial charge is 0.349 e. The second-order valence-corrected chi connectivity index (χ2v) is 8.53. The van der Waals surface area contributed by atoms with Crippen molar-refractivity contribution >= 4 is 17.2 Å². The minimum Gasteiger partial charge on any atom is -0.349 e. The van der Waals surface area contributed by atoms with Gasteiger partial charge in [-0.3, -0.25) is 9.69 Å². The van der Waals surface area contributed by atoms with E-state index < -0.39 is 0 Å². The number of thiophene rings is 1. The van der Waals surface area contributed by atoms with Gasteiger partial charge in [-0.05, 0) is 56.0 Å². The first-order valence-corrected chi connectivity index (χ1v) is 10.9. The molecule has 0 spiro atoms. The maximum Gasteiger partial charge on any atom is 0.292 e. The summed E-state index contributed by atoms with van der Waals surface area (Å²) in [7, 11) is 0. The van der Waals surface area contributed by atoms with Gasteiger partial charge in [-0.25, -0.2) is 0 Å². The minimum absolute atomic E-state index is 0.0228. The van der Waals surface area contributed by atoms with Gasteiger partial charge in [0.15, 0.2) is 0 Å². The van der Waals surface area contributed by atoms with Gasteiger partial charge in [-0.1, -0.05) is 35.5 Å². The Morgan fingerprint density at radius 3 is 2.77 bits per heavy atom. The van der Waals surface area contributed by atoms with E-state index in [2.05, 4.69) is 50.7 Å². The third-order valence-corrected chi connectivity index (χ3v) is 6.33. The van der Waals surface area contributed by atoms with E-state index in [-0.39, 0.29) is 17.6 Å². The molecule has 1 aliphatic heterocycles. The molecule has 1 amide bonds. The fourth-order valence-corrected chi connectivity index (χ4v) is 4.40. The van der Waals surface area contributed by atoms with E-state index in [0.29, 0.717) is 22.2 Å². The molecule has 7 nitrogen and oxygen atoms in total. The van der Waals surface area contributed by atoms with Crippen molar-refractivity contribution in [1.82, 2.24) is 20.4 Å². The first-order chi connectivity index (χ1) is 14.7. The first kappa shape index (κ1) is 20.3. The van der Waals surface area contributed by atoms with Crippen LogP contribution in [0.4, 0.5) is 0 Å². The average molecular weight is 422 g/mol. The second kappa shape index (κ2) is 9.65. The van der Waals surface area contributed by atoms with Gasteiger partial charge in [0.1, 0.15) is 10.9 Å². The van der Waals surface area contributed by atoms with Crippen molar-refractivity contribution in [3.63, 3.8) is 0 Å². The van der Waals surface area contributed by atoms with Crippen LogP contribution in [0.1, 0.15) is 40.3 Å². The van der Waals surface area contributed by atoms with E-state index in [1.807, 2.05) is 6.07 Å². The highest BCUT2D eigenvalue weighted by molar-refractivity contribution is 7.15. The lowest BCUT2D eigenvalue weighted by molar-refractivity contribution is 0.0934. The number of aromatic nitrogens is 2.